The smallest absolute Gasteiger partial charge is 0.111 e. The Hall–Kier alpha value is -1.35. The quantitative estimate of drug-likeness (QED) is 0.914. The number of fused-ring (bicyclic) bond motifs is 1. The molecule has 0 spiro atoms. The van der Waals surface area contributed by atoms with Gasteiger partial charge in [0.2, 0.25) is 0 Å². The van der Waals surface area contributed by atoms with Crippen LogP contribution in [-0.2, 0) is 13.0 Å². The lowest BCUT2D eigenvalue weighted by Crippen LogP contribution is -2.17. The van der Waals surface area contributed by atoms with Gasteiger partial charge in [0.1, 0.15) is 5.82 Å². The molecule has 1 aliphatic carbocycles. The van der Waals surface area contributed by atoms with Crippen LogP contribution < -0.4 is 5.73 Å². The van der Waals surface area contributed by atoms with E-state index in [0.29, 0.717) is 6.54 Å². The van der Waals surface area contributed by atoms with Gasteiger partial charge >= 0.3 is 0 Å². The summed E-state index contributed by atoms with van der Waals surface area (Å²) < 4.78 is 2.41. The van der Waals surface area contributed by atoms with E-state index in [0.717, 1.165) is 30.2 Å². The summed E-state index contributed by atoms with van der Waals surface area (Å²) in [6, 6.07) is 8.46. The van der Waals surface area contributed by atoms with Crippen LogP contribution >= 0.6 is 0 Å². The molecule has 1 fully saturated rings. The van der Waals surface area contributed by atoms with Crippen molar-refractivity contribution in [2.75, 3.05) is 6.54 Å². The maximum atomic E-state index is 5.73. The van der Waals surface area contributed by atoms with E-state index in [1.807, 2.05) is 0 Å². The largest absolute Gasteiger partial charge is 0.330 e. The summed E-state index contributed by atoms with van der Waals surface area (Å²) in [6.45, 7) is 1.80. The molecular formula is C16H23N3. The molecule has 0 aliphatic heterocycles. The normalized spacial score (nSPS) is 17.1. The van der Waals surface area contributed by atoms with E-state index in [4.69, 9.17) is 10.7 Å². The van der Waals surface area contributed by atoms with E-state index >= 15 is 0 Å². The lowest BCUT2D eigenvalue weighted by molar-refractivity contribution is 0.319. The second-order valence-corrected chi connectivity index (χ2v) is 5.67. The Labute approximate surface area is 114 Å². The van der Waals surface area contributed by atoms with Crippen molar-refractivity contribution < 1.29 is 0 Å². The molecule has 1 heterocycles. The number of imidazole rings is 1. The molecule has 0 amide bonds. The lowest BCUT2D eigenvalue weighted by Gasteiger charge is -2.23. The fraction of sp³-hybridized carbons (Fsp3) is 0.562. The highest BCUT2D eigenvalue weighted by Gasteiger charge is 2.17. The van der Waals surface area contributed by atoms with Gasteiger partial charge in [-0.2, -0.15) is 0 Å². The SMILES string of the molecule is NCCc1nc2ccccc2n1CC1CCCCC1. The molecule has 1 aliphatic rings. The summed E-state index contributed by atoms with van der Waals surface area (Å²) in [5.74, 6) is 1.98. The molecule has 0 unspecified atom stereocenters. The number of aromatic nitrogens is 2. The van der Waals surface area contributed by atoms with Crippen LogP contribution in [-0.4, -0.2) is 16.1 Å². The number of hydrogen-bond donors (Lipinski definition) is 1. The maximum absolute atomic E-state index is 5.73. The average molecular weight is 257 g/mol. The fourth-order valence-electron chi connectivity index (χ4n) is 3.28. The molecular weight excluding hydrogens is 234 g/mol. The first kappa shape index (κ1) is 12.7. The summed E-state index contributed by atoms with van der Waals surface area (Å²) in [5.41, 5.74) is 8.12. The monoisotopic (exact) mass is 257 g/mol. The van der Waals surface area contributed by atoms with Gasteiger partial charge in [0.15, 0.2) is 0 Å². The van der Waals surface area contributed by atoms with Crippen molar-refractivity contribution in [1.82, 2.24) is 9.55 Å². The van der Waals surface area contributed by atoms with E-state index in [1.165, 1.54) is 37.6 Å². The molecule has 2 aromatic rings. The van der Waals surface area contributed by atoms with E-state index < -0.39 is 0 Å². The van der Waals surface area contributed by atoms with E-state index in [-0.39, 0.29) is 0 Å². The zero-order valence-corrected chi connectivity index (χ0v) is 11.5. The zero-order valence-electron chi connectivity index (χ0n) is 11.5. The third-order valence-electron chi connectivity index (χ3n) is 4.27. The van der Waals surface area contributed by atoms with Crippen molar-refractivity contribution in [1.29, 1.82) is 0 Å². The molecule has 0 bridgehead atoms. The van der Waals surface area contributed by atoms with Gasteiger partial charge in [-0.05, 0) is 37.4 Å². The van der Waals surface area contributed by atoms with Crippen LogP contribution in [0, 0.1) is 5.92 Å². The second kappa shape index (κ2) is 5.74. The maximum Gasteiger partial charge on any atom is 0.111 e. The van der Waals surface area contributed by atoms with Crippen molar-refractivity contribution in [3.63, 3.8) is 0 Å². The molecule has 102 valence electrons. The van der Waals surface area contributed by atoms with Gasteiger partial charge in [-0.3, -0.25) is 0 Å². The summed E-state index contributed by atoms with van der Waals surface area (Å²) in [5, 5.41) is 0. The second-order valence-electron chi connectivity index (χ2n) is 5.67. The van der Waals surface area contributed by atoms with Crippen molar-refractivity contribution in [3.05, 3.63) is 30.1 Å². The highest BCUT2D eigenvalue weighted by Crippen LogP contribution is 2.27. The highest BCUT2D eigenvalue weighted by molar-refractivity contribution is 5.75. The predicted molar refractivity (Wildman–Crippen MR) is 79.1 cm³/mol. The Morgan fingerprint density at radius 2 is 1.95 bits per heavy atom. The van der Waals surface area contributed by atoms with Gasteiger partial charge in [-0.15, -0.1) is 0 Å². The minimum atomic E-state index is 0.675. The number of nitrogens with zero attached hydrogens (tertiary/aromatic N) is 2. The van der Waals surface area contributed by atoms with Gasteiger partial charge < -0.3 is 10.3 Å². The third-order valence-corrected chi connectivity index (χ3v) is 4.27. The molecule has 3 nitrogen and oxygen atoms in total. The lowest BCUT2D eigenvalue weighted by atomic mass is 9.89. The van der Waals surface area contributed by atoms with Gasteiger partial charge in [0.05, 0.1) is 11.0 Å². The fourth-order valence-corrected chi connectivity index (χ4v) is 3.28. The van der Waals surface area contributed by atoms with E-state index in [2.05, 4.69) is 28.8 Å². The van der Waals surface area contributed by atoms with Crippen LogP contribution in [0.25, 0.3) is 11.0 Å². The van der Waals surface area contributed by atoms with Crippen molar-refractivity contribution in [2.45, 2.75) is 45.1 Å². The number of nitrogens with two attached hydrogens (primary N) is 1. The molecule has 3 rings (SSSR count). The number of hydrogen-bond acceptors (Lipinski definition) is 2. The predicted octanol–water partition coefficient (Wildman–Crippen LogP) is 3.12. The molecule has 0 saturated heterocycles. The van der Waals surface area contributed by atoms with Crippen LogP contribution in [0.4, 0.5) is 0 Å². The number of rotatable bonds is 4. The standard InChI is InChI=1S/C16H23N3/c17-11-10-16-18-14-8-4-5-9-15(14)19(16)12-13-6-2-1-3-7-13/h4-5,8-9,13H,1-3,6-7,10-12,17H2. The molecule has 3 heteroatoms. The molecule has 19 heavy (non-hydrogen) atoms. The van der Waals surface area contributed by atoms with Crippen LogP contribution in [0.2, 0.25) is 0 Å². The Bertz CT molecular complexity index is 538. The molecule has 1 saturated carbocycles. The van der Waals surface area contributed by atoms with Crippen LogP contribution in [0.3, 0.4) is 0 Å². The highest BCUT2D eigenvalue weighted by atomic mass is 15.1. The van der Waals surface area contributed by atoms with Crippen molar-refractivity contribution in [3.8, 4) is 0 Å². The Kier molecular flexibility index (Phi) is 3.83. The molecule has 0 atom stereocenters. The van der Waals surface area contributed by atoms with Crippen molar-refractivity contribution >= 4 is 11.0 Å². The Morgan fingerprint density at radius 1 is 1.16 bits per heavy atom. The molecule has 1 aromatic heterocycles. The summed E-state index contributed by atoms with van der Waals surface area (Å²) in [4.78, 5) is 4.75. The molecule has 2 N–H and O–H groups in total. The molecule has 1 aromatic carbocycles. The first-order chi connectivity index (χ1) is 9.38. The van der Waals surface area contributed by atoms with Crippen LogP contribution in [0.1, 0.15) is 37.9 Å². The van der Waals surface area contributed by atoms with Gasteiger partial charge in [0.25, 0.3) is 0 Å². The first-order valence-corrected chi connectivity index (χ1v) is 7.52. The minimum Gasteiger partial charge on any atom is -0.330 e. The topological polar surface area (TPSA) is 43.8 Å². The first-order valence-electron chi connectivity index (χ1n) is 7.52. The summed E-state index contributed by atoms with van der Waals surface area (Å²) in [6.07, 6.45) is 7.81. The number of benzene rings is 1. The summed E-state index contributed by atoms with van der Waals surface area (Å²) >= 11 is 0. The number of para-hydroxylation sites is 2. The zero-order chi connectivity index (χ0) is 13.1. The minimum absolute atomic E-state index is 0.675. The third kappa shape index (κ3) is 2.66. The average Bonchev–Trinajstić information content (AvgIpc) is 2.79. The van der Waals surface area contributed by atoms with E-state index in [1.54, 1.807) is 0 Å². The Morgan fingerprint density at radius 3 is 2.74 bits per heavy atom. The van der Waals surface area contributed by atoms with Gasteiger partial charge in [-0.25, -0.2) is 4.98 Å². The van der Waals surface area contributed by atoms with Crippen molar-refractivity contribution in [2.24, 2.45) is 11.7 Å². The van der Waals surface area contributed by atoms with Gasteiger partial charge in [-0.1, -0.05) is 31.4 Å². The molecule has 0 radical (unpaired) electrons. The van der Waals surface area contributed by atoms with Gasteiger partial charge in [0, 0.05) is 13.0 Å². The van der Waals surface area contributed by atoms with E-state index in [9.17, 15) is 0 Å². The van der Waals surface area contributed by atoms with Crippen LogP contribution in [0.15, 0.2) is 24.3 Å². The Balaban J connectivity index is 1.92. The van der Waals surface area contributed by atoms with Crippen LogP contribution in [0.5, 0.6) is 0 Å². The summed E-state index contributed by atoms with van der Waals surface area (Å²) in [7, 11) is 0.